The number of nitrogens with zero attached hydrogens (tertiary/aromatic N) is 2. The third kappa shape index (κ3) is 8.22. The van der Waals surface area contributed by atoms with Crippen LogP contribution in [0.1, 0.15) is 99.8 Å². The van der Waals surface area contributed by atoms with Crippen molar-refractivity contribution in [2.24, 2.45) is 0 Å². The molecule has 38 heavy (non-hydrogen) atoms. The highest BCUT2D eigenvalue weighted by molar-refractivity contribution is 6.16. The molecule has 3 aromatic rings. The van der Waals surface area contributed by atoms with E-state index in [0.29, 0.717) is 13.1 Å². The van der Waals surface area contributed by atoms with Crippen LogP contribution in [0.3, 0.4) is 0 Å². The summed E-state index contributed by atoms with van der Waals surface area (Å²) in [6.07, 6.45) is 9.66. The molecular weight excluding hydrogens is 468 g/mol. The molecule has 0 aliphatic carbocycles. The van der Waals surface area contributed by atoms with Crippen molar-refractivity contribution in [1.82, 2.24) is 9.80 Å². The first-order valence-electron chi connectivity index (χ1n) is 15.0. The highest BCUT2D eigenvalue weighted by Crippen LogP contribution is 2.29. The molecule has 0 fully saturated rings. The Balaban J connectivity index is 1.82. The number of fused-ring (bicyclic) bond motifs is 2. The molecular formula is C34H48N2O2. The van der Waals surface area contributed by atoms with Gasteiger partial charge in [0.1, 0.15) is 0 Å². The number of unbranched alkanes of at least 4 members (excludes halogenated alkanes) is 6. The predicted octanol–water partition coefficient (Wildman–Crippen LogP) is 8.16. The Morgan fingerprint density at radius 2 is 1.00 bits per heavy atom. The maximum absolute atomic E-state index is 13.4. The fraction of sp³-hybridized carbons (Fsp3) is 0.529. The average molecular weight is 517 g/mol. The summed E-state index contributed by atoms with van der Waals surface area (Å²) < 4.78 is 0. The first kappa shape index (κ1) is 30.0. The van der Waals surface area contributed by atoms with Crippen molar-refractivity contribution in [1.29, 1.82) is 0 Å². The van der Waals surface area contributed by atoms with Gasteiger partial charge in [0.05, 0.1) is 13.1 Å². The minimum atomic E-state index is 0.168. The van der Waals surface area contributed by atoms with Gasteiger partial charge in [-0.1, -0.05) is 103 Å². The van der Waals surface area contributed by atoms with Crippen LogP contribution in [0.2, 0.25) is 0 Å². The van der Waals surface area contributed by atoms with Crippen LogP contribution in [-0.4, -0.2) is 60.6 Å². The highest BCUT2D eigenvalue weighted by atomic mass is 16.1. The van der Waals surface area contributed by atoms with E-state index in [0.717, 1.165) is 71.7 Å². The van der Waals surface area contributed by atoms with E-state index in [1.807, 2.05) is 24.3 Å². The summed E-state index contributed by atoms with van der Waals surface area (Å²) in [5.41, 5.74) is 1.55. The lowest BCUT2D eigenvalue weighted by Gasteiger charge is -2.20. The molecule has 3 aromatic carbocycles. The molecule has 4 nitrogen and oxygen atoms in total. The molecule has 0 heterocycles. The van der Waals surface area contributed by atoms with Gasteiger partial charge >= 0.3 is 0 Å². The monoisotopic (exact) mass is 516 g/mol. The lowest BCUT2D eigenvalue weighted by Crippen LogP contribution is -2.31. The Kier molecular flexibility index (Phi) is 12.4. The highest BCUT2D eigenvalue weighted by Gasteiger charge is 2.17. The van der Waals surface area contributed by atoms with E-state index in [1.165, 1.54) is 38.5 Å². The number of Topliss-reactive ketones (excluding diaryl/α,β-unsaturated/α-hetero) is 2. The maximum atomic E-state index is 13.4. The molecule has 0 atom stereocenters. The lowest BCUT2D eigenvalue weighted by molar-refractivity contribution is 0.0926. The minimum absolute atomic E-state index is 0.168. The number of hydrogen-bond acceptors (Lipinski definition) is 4. The number of rotatable bonds is 18. The molecule has 0 aliphatic rings. The molecule has 0 radical (unpaired) electrons. The third-order valence-corrected chi connectivity index (χ3v) is 7.76. The number of ketones is 2. The van der Waals surface area contributed by atoms with E-state index in [2.05, 4.69) is 61.8 Å². The van der Waals surface area contributed by atoms with Crippen molar-refractivity contribution in [2.75, 3.05) is 39.3 Å². The zero-order valence-electron chi connectivity index (χ0n) is 24.2. The number of carbonyl (C=O) groups excluding carboxylic acids is 2. The van der Waals surface area contributed by atoms with Crippen molar-refractivity contribution in [3.8, 4) is 0 Å². The van der Waals surface area contributed by atoms with E-state index in [4.69, 9.17) is 0 Å². The van der Waals surface area contributed by atoms with Gasteiger partial charge in [-0.25, -0.2) is 0 Å². The SMILES string of the molecule is CCCCCCN(CC)CC(=O)c1cccc2cc3c(C(=O)CN(CC)CCCCCC)cccc3cc12. The van der Waals surface area contributed by atoms with Crippen molar-refractivity contribution < 1.29 is 9.59 Å². The predicted molar refractivity (Wildman–Crippen MR) is 163 cm³/mol. The Bertz CT molecular complexity index is 1090. The van der Waals surface area contributed by atoms with Crippen LogP contribution < -0.4 is 0 Å². The molecule has 4 heteroatoms. The van der Waals surface area contributed by atoms with Gasteiger partial charge in [0.15, 0.2) is 11.6 Å². The molecule has 0 unspecified atom stereocenters. The normalized spacial score (nSPS) is 11.7. The fourth-order valence-corrected chi connectivity index (χ4v) is 5.34. The maximum Gasteiger partial charge on any atom is 0.177 e. The summed E-state index contributed by atoms with van der Waals surface area (Å²) in [6.45, 7) is 13.3. The van der Waals surface area contributed by atoms with Crippen molar-refractivity contribution >= 4 is 33.1 Å². The molecule has 0 bridgehead atoms. The zero-order chi connectivity index (χ0) is 27.3. The topological polar surface area (TPSA) is 40.6 Å². The van der Waals surface area contributed by atoms with E-state index in [-0.39, 0.29) is 11.6 Å². The quantitative estimate of drug-likeness (QED) is 0.0971. The van der Waals surface area contributed by atoms with Gasteiger partial charge in [-0.05, 0) is 72.7 Å². The van der Waals surface area contributed by atoms with Gasteiger partial charge in [-0.3, -0.25) is 19.4 Å². The van der Waals surface area contributed by atoms with Crippen LogP contribution in [0.25, 0.3) is 21.5 Å². The first-order chi connectivity index (χ1) is 18.5. The molecule has 0 saturated heterocycles. The van der Waals surface area contributed by atoms with E-state index in [1.54, 1.807) is 0 Å². The molecule has 206 valence electrons. The van der Waals surface area contributed by atoms with Gasteiger partial charge in [0.25, 0.3) is 0 Å². The number of benzene rings is 3. The second-order valence-electron chi connectivity index (χ2n) is 10.6. The van der Waals surface area contributed by atoms with Gasteiger partial charge in [-0.15, -0.1) is 0 Å². The smallest absolute Gasteiger partial charge is 0.177 e. The number of carbonyl (C=O) groups is 2. The second kappa shape index (κ2) is 15.8. The Morgan fingerprint density at radius 3 is 1.37 bits per heavy atom. The lowest BCUT2D eigenvalue weighted by atomic mass is 9.94. The molecule has 0 amide bonds. The van der Waals surface area contributed by atoms with Crippen LogP contribution in [0, 0.1) is 0 Å². The minimum Gasteiger partial charge on any atom is -0.296 e. The Labute approximate surface area is 230 Å². The summed E-state index contributed by atoms with van der Waals surface area (Å²) >= 11 is 0. The Hall–Kier alpha value is -2.56. The van der Waals surface area contributed by atoms with Crippen LogP contribution in [0.5, 0.6) is 0 Å². The Morgan fingerprint density at radius 1 is 0.579 bits per heavy atom. The summed E-state index contributed by atoms with van der Waals surface area (Å²) in [5.74, 6) is 0.336. The van der Waals surface area contributed by atoms with Gasteiger partial charge in [-0.2, -0.15) is 0 Å². The van der Waals surface area contributed by atoms with Crippen molar-refractivity contribution in [3.05, 3.63) is 59.7 Å². The van der Waals surface area contributed by atoms with Gasteiger partial charge in [0.2, 0.25) is 0 Å². The van der Waals surface area contributed by atoms with Crippen LogP contribution in [0.15, 0.2) is 48.5 Å². The summed E-state index contributed by atoms with van der Waals surface area (Å²) in [5, 5.41) is 3.98. The summed E-state index contributed by atoms with van der Waals surface area (Å²) in [4.78, 5) is 31.3. The van der Waals surface area contributed by atoms with E-state index >= 15 is 0 Å². The first-order valence-corrected chi connectivity index (χ1v) is 15.0. The van der Waals surface area contributed by atoms with Crippen LogP contribution in [-0.2, 0) is 0 Å². The molecule has 0 saturated carbocycles. The van der Waals surface area contributed by atoms with Crippen LogP contribution in [0.4, 0.5) is 0 Å². The van der Waals surface area contributed by atoms with Crippen LogP contribution >= 0.6 is 0 Å². The zero-order valence-corrected chi connectivity index (χ0v) is 24.2. The van der Waals surface area contributed by atoms with Gasteiger partial charge < -0.3 is 0 Å². The molecule has 0 spiro atoms. The second-order valence-corrected chi connectivity index (χ2v) is 10.6. The van der Waals surface area contributed by atoms with Crippen molar-refractivity contribution in [3.63, 3.8) is 0 Å². The molecule has 3 rings (SSSR count). The molecule has 0 aliphatic heterocycles. The standard InChI is InChI=1S/C34H48N2O2/c1-5-9-11-13-21-35(7-3)25-33(37)29-19-15-17-27-24-32-28(23-31(27)29)18-16-20-30(32)34(38)26-36(8-4)22-14-12-10-6-2/h15-20,23-24H,5-14,21-22,25-26H2,1-4H3. The molecule has 0 aromatic heterocycles. The summed E-state index contributed by atoms with van der Waals surface area (Å²) in [6, 6.07) is 16.2. The fourth-order valence-electron chi connectivity index (χ4n) is 5.34. The van der Waals surface area contributed by atoms with Gasteiger partial charge in [0, 0.05) is 11.1 Å². The number of hydrogen-bond donors (Lipinski definition) is 0. The number of likely N-dealkylation sites (N-methyl/N-ethyl adjacent to an activating group) is 2. The van der Waals surface area contributed by atoms with E-state index in [9.17, 15) is 9.59 Å². The summed E-state index contributed by atoms with van der Waals surface area (Å²) in [7, 11) is 0. The largest absolute Gasteiger partial charge is 0.296 e. The average Bonchev–Trinajstić information content (AvgIpc) is 2.94. The van der Waals surface area contributed by atoms with Crippen molar-refractivity contribution in [2.45, 2.75) is 79.1 Å². The van der Waals surface area contributed by atoms with E-state index < -0.39 is 0 Å². The third-order valence-electron chi connectivity index (χ3n) is 7.76. The molecule has 0 N–H and O–H groups in total.